The van der Waals surface area contributed by atoms with E-state index in [-0.39, 0.29) is 48.2 Å². The molecule has 2 unspecified atom stereocenters. The van der Waals surface area contributed by atoms with E-state index in [4.69, 9.17) is 4.52 Å². The first-order valence-corrected chi connectivity index (χ1v) is 12.8. The molecular weight excluding hydrogens is 480 g/mol. The molecule has 2 N–H and O–H groups in total. The number of aldehydes is 1. The van der Waals surface area contributed by atoms with Crippen molar-refractivity contribution in [1.29, 1.82) is 0 Å². The van der Waals surface area contributed by atoms with Crippen molar-refractivity contribution in [1.82, 2.24) is 20.4 Å². The number of amides is 2. The Kier molecular flexibility index (Phi) is 7.65. The van der Waals surface area contributed by atoms with Gasteiger partial charge >= 0.3 is 0 Å². The minimum Gasteiger partial charge on any atom is -0.391 e. The maximum Gasteiger partial charge on any atom is 0.243 e. The maximum absolute atomic E-state index is 13.5. The highest BCUT2D eigenvalue weighted by atomic mass is 32.1. The molecule has 2 aromatic heterocycles. The normalized spacial score (nSPS) is 19.3. The number of nitrogens with one attached hydrogen (secondary N) is 1. The molecule has 1 aromatic carbocycles. The van der Waals surface area contributed by atoms with Crippen LogP contribution in [0.25, 0.3) is 10.4 Å². The van der Waals surface area contributed by atoms with Crippen LogP contribution in [0.4, 0.5) is 0 Å². The van der Waals surface area contributed by atoms with Gasteiger partial charge in [-0.25, -0.2) is 4.98 Å². The average molecular weight is 511 g/mol. The number of β-amino-alcohol motifs (C(OH)–C–C–N with tert-alkyl or cyclic N) is 1. The molecule has 190 valence electrons. The van der Waals surface area contributed by atoms with Gasteiger partial charge in [0, 0.05) is 19.0 Å². The Labute approximate surface area is 213 Å². The van der Waals surface area contributed by atoms with E-state index in [1.807, 2.05) is 57.5 Å². The third-order valence-electron chi connectivity index (χ3n) is 6.55. The smallest absolute Gasteiger partial charge is 0.243 e. The summed E-state index contributed by atoms with van der Waals surface area (Å²) in [6.45, 7) is 7.61. The molecule has 3 heterocycles. The van der Waals surface area contributed by atoms with Gasteiger partial charge in [-0.15, -0.1) is 11.3 Å². The molecule has 0 spiro atoms. The Morgan fingerprint density at radius 3 is 2.56 bits per heavy atom. The van der Waals surface area contributed by atoms with Crippen LogP contribution in [0.2, 0.25) is 0 Å². The van der Waals surface area contributed by atoms with Gasteiger partial charge in [-0.2, -0.15) is 0 Å². The summed E-state index contributed by atoms with van der Waals surface area (Å²) in [5, 5.41) is 17.0. The average Bonchev–Trinajstić information content (AvgIpc) is 3.58. The SMILES string of the molecule is Cc1ncsc1-c1ccc(C(C)NC(=O)[C@@H]2C[C@@H](O)CN2C(=O)C(c2cc(C=O)no2)C(C)C)cc1. The lowest BCUT2D eigenvalue weighted by Gasteiger charge is -2.29. The van der Waals surface area contributed by atoms with E-state index in [1.54, 1.807) is 11.3 Å². The molecule has 0 bridgehead atoms. The first kappa shape index (κ1) is 25.7. The lowest BCUT2D eigenvalue weighted by Crippen LogP contribution is -2.48. The number of carbonyl (C=O) groups is 3. The van der Waals surface area contributed by atoms with E-state index >= 15 is 0 Å². The van der Waals surface area contributed by atoms with E-state index in [1.165, 1.54) is 11.0 Å². The standard InChI is InChI=1S/C26H30N4O5S/c1-14(2)23(22-9-19(12-31)29-35-22)26(34)30-11-20(32)10-21(30)25(33)28-15(3)17-5-7-18(8-6-17)24-16(4)27-13-36-24/h5-9,12-15,20-21,23,32H,10-11H2,1-4H3,(H,28,33)/t15?,20-,21+,23?/m1/s1. The number of benzene rings is 1. The molecule has 0 saturated carbocycles. The van der Waals surface area contributed by atoms with Crippen LogP contribution < -0.4 is 5.32 Å². The third-order valence-corrected chi connectivity index (χ3v) is 7.53. The Morgan fingerprint density at radius 1 is 1.25 bits per heavy atom. The van der Waals surface area contributed by atoms with E-state index in [9.17, 15) is 19.5 Å². The molecular formula is C26H30N4O5S. The Bertz CT molecular complexity index is 1240. The summed E-state index contributed by atoms with van der Waals surface area (Å²) >= 11 is 1.58. The summed E-state index contributed by atoms with van der Waals surface area (Å²) in [6, 6.07) is 8.27. The van der Waals surface area contributed by atoms with Crippen LogP contribution >= 0.6 is 11.3 Å². The minimum atomic E-state index is -0.816. The number of hydrogen-bond acceptors (Lipinski definition) is 8. The van der Waals surface area contributed by atoms with Crippen LogP contribution in [-0.2, 0) is 9.59 Å². The van der Waals surface area contributed by atoms with E-state index in [0.717, 1.165) is 21.7 Å². The number of rotatable bonds is 8. The van der Waals surface area contributed by atoms with Crippen molar-refractivity contribution in [3.8, 4) is 10.4 Å². The van der Waals surface area contributed by atoms with Crippen LogP contribution in [-0.4, -0.2) is 56.9 Å². The number of hydrogen-bond donors (Lipinski definition) is 2. The largest absolute Gasteiger partial charge is 0.391 e. The molecule has 1 aliphatic heterocycles. The third kappa shape index (κ3) is 5.24. The zero-order valence-corrected chi connectivity index (χ0v) is 21.5. The second-order valence-corrected chi connectivity index (χ2v) is 10.4. The second-order valence-electron chi connectivity index (χ2n) is 9.51. The molecule has 1 fully saturated rings. The van der Waals surface area contributed by atoms with E-state index < -0.39 is 18.1 Å². The summed E-state index contributed by atoms with van der Waals surface area (Å²) in [6.07, 6.45) is -0.110. The van der Waals surface area contributed by atoms with Crippen molar-refractivity contribution in [2.24, 2.45) is 5.92 Å². The highest BCUT2D eigenvalue weighted by Gasteiger charge is 2.43. The Balaban J connectivity index is 1.48. The van der Waals surface area contributed by atoms with Crippen LogP contribution in [0.3, 0.4) is 0 Å². The quantitative estimate of drug-likeness (QED) is 0.444. The number of aryl methyl sites for hydroxylation is 1. The maximum atomic E-state index is 13.5. The molecule has 9 nitrogen and oxygen atoms in total. The van der Waals surface area contributed by atoms with Gasteiger partial charge in [0.1, 0.15) is 23.4 Å². The monoisotopic (exact) mass is 510 g/mol. The van der Waals surface area contributed by atoms with Gasteiger partial charge in [0.2, 0.25) is 11.8 Å². The number of likely N-dealkylation sites (tertiary alicyclic amines) is 1. The van der Waals surface area contributed by atoms with Crippen LogP contribution in [0.15, 0.2) is 40.4 Å². The molecule has 2 amide bonds. The van der Waals surface area contributed by atoms with Crippen molar-refractivity contribution in [2.45, 2.75) is 58.2 Å². The van der Waals surface area contributed by atoms with Gasteiger partial charge in [-0.1, -0.05) is 43.3 Å². The fraction of sp³-hybridized carbons (Fsp3) is 0.423. The molecule has 10 heteroatoms. The number of nitrogens with zero attached hydrogens (tertiary/aromatic N) is 3. The van der Waals surface area contributed by atoms with Crippen LogP contribution in [0.1, 0.15) is 66.7 Å². The number of thiazole rings is 1. The highest BCUT2D eigenvalue weighted by Crippen LogP contribution is 2.32. The predicted molar refractivity (Wildman–Crippen MR) is 134 cm³/mol. The topological polar surface area (TPSA) is 126 Å². The van der Waals surface area contributed by atoms with Crippen molar-refractivity contribution >= 4 is 29.4 Å². The summed E-state index contributed by atoms with van der Waals surface area (Å²) in [5.41, 5.74) is 4.89. The molecule has 4 atom stereocenters. The van der Waals surface area contributed by atoms with E-state index in [0.29, 0.717) is 6.29 Å². The summed E-state index contributed by atoms with van der Waals surface area (Å²) in [7, 11) is 0. The van der Waals surface area contributed by atoms with Crippen molar-refractivity contribution in [2.75, 3.05) is 6.54 Å². The summed E-state index contributed by atoms with van der Waals surface area (Å²) < 4.78 is 5.25. The molecule has 4 rings (SSSR count). The molecule has 0 radical (unpaired) electrons. The number of carbonyl (C=O) groups excluding carboxylic acids is 3. The molecule has 1 aliphatic rings. The van der Waals surface area contributed by atoms with Crippen molar-refractivity contribution < 1.29 is 24.0 Å². The van der Waals surface area contributed by atoms with Crippen LogP contribution in [0.5, 0.6) is 0 Å². The second kappa shape index (κ2) is 10.7. The lowest BCUT2D eigenvalue weighted by molar-refractivity contribution is -0.141. The highest BCUT2D eigenvalue weighted by molar-refractivity contribution is 7.13. The van der Waals surface area contributed by atoms with E-state index in [2.05, 4.69) is 15.5 Å². The van der Waals surface area contributed by atoms with Gasteiger partial charge in [-0.05, 0) is 30.9 Å². The van der Waals surface area contributed by atoms with Gasteiger partial charge in [0.15, 0.2) is 6.29 Å². The van der Waals surface area contributed by atoms with Gasteiger partial charge in [0.25, 0.3) is 0 Å². The Morgan fingerprint density at radius 2 is 1.97 bits per heavy atom. The number of aliphatic hydroxyl groups excluding tert-OH is 1. The fourth-order valence-corrected chi connectivity index (χ4v) is 5.43. The molecule has 1 saturated heterocycles. The van der Waals surface area contributed by atoms with Crippen molar-refractivity contribution in [3.63, 3.8) is 0 Å². The zero-order chi connectivity index (χ0) is 26.0. The van der Waals surface area contributed by atoms with Gasteiger partial charge in [-0.3, -0.25) is 14.4 Å². The predicted octanol–water partition coefficient (Wildman–Crippen LogP) is 3.50. The number of aliphatic hydroxyl groups is 1. The van der Waals surface area contributed by atoms with Crippen molar-refractivity contribution in [3.05, 3.63) is 58.6 Å². The Hall–Kier alpha value is -3.37. The fourth-order valence-electron chi connectivity index (χ4n) is 4.62. The molecule has 0 aliphatic carbocycles. The summed E-state index contributed by atoms with van der Waals surface area (Å²) in [4.78, 5) is 44.6. The summed E-state index contributed by atoms with van der Waals surface area (Å²) in [5.74, 6) is -1.31. The van der Waals surface area contributed by atoms with Gasteiger partial charge in [0.05, 0.1) is 28.2 Å². The molecule has 3 aromatic rings. The number of aromatic nitrogens is 2. The lowest BCUT2D eigenvalue weighted by atomic mass is 9.91. The van der Waals surface area contributed by atoms with Crippen LogP contribution in [0, 0.1) is 12.8 Å². The zero-order valence-electron chi connectivity index (χ0n) is 20.7. The minimum absolute atomic E-state index is 0.0477. The first-order chi connectivity index (χ1) is 17.2. The first-order valence-electron chi connectivity index (χ1n) is 11.9. The van der Waals surface area contributed by atoms with Gasteiger partial charge < -0.3 is 19.8 Å². The molecule has 36 heavy (non-hydrogen) atoms.